The van der Waals surface area contributed by atoms with Crippen LogP contribution in [0.2, 0.25) is 0 Å². The van der Waals surface area contributed by atoms with E-state index in [1.165, 1.54) is 38.6 Å². The van der Waals surface area contributed by atoms with Crippen molar-refractivity contribution in [1.82, 2.24) is 4.90 Å². The van der Waals surface area contributed by atoms with Gasteiger partial charge in [-0.1, -0.05) is 33.1 Å². The highest BCUT2D eigenvalue weighted by Crippen LogP contribution is 2.01. The molecule has 0 aliphatic rings. The summed E-state index contributed by atoms with van der Waals surface area (Å²) < 4.78 is 0. The minimum absolute atomic E-state index is 0.411. The van der Waals surface area contributed by atoms with Gasteiger partial charge in [0.25, 0.3) is 0 Å². The highest BCUT2D eigenvalue weighted by Gasteiger charge is 2.03. The van der Waals surface area contributed by atoms with E-state index in [-0.39, 0.29) is 0 Å². The zero-order valence-corrected chi connectivity index (χ0v) is 10.3. The zero-order chi connectivity index (χ0) is 10.8. The van der Waals surface area contributed by atoms with Crippen molar-refractivity contribution >= 4 is 0 Å². The predicted molar refractivity (Wildman–Crippen MR) is 64.5 cm³/mol. The Hall–Kier alpha value is -0.0800. The minimum Gasteiger partial charge on any atom is -0.328 e. The van der Waals surface area contributed by atoms with E-state index in [1.807, 2.05) is 0 Å². The molecule has 0 aliphatic heterocycles. The highest BCUT2D eigenvalue weighted by molar-refractivity contribution is 4.63. The molecule has 1 atom stereocenters. The van der Waals surface area contributed by atoms with Gasteiger partial charge in [-0.15, -0.1) is 0 Å². The van der Waals surface area contributed by atoms with Crippen molar-refractivity contribution < 1.29 is 0 Å². The first-order valence-corrected chi connectivity index (χ1v) is 6.14. The molecule has 0 saturated carbocycles. The molecule has 0 radical (unpaired) electrons. The molecule has 14 heavy (non-hydrogen) atoms. The third-order valence-corrected chi connectivity index (χ3v) is 2.68. The topological polar surface area (TPSA) is 29.3 Å². The Morgan fingerprint density at radius 3 is 2.29 bits per heavy atom. The van der Waals surface area contributed by atoms with Gasteiger partial charge in [-0.05, 0) is 39.4 Å². The van der Waals surface area contributed by atoms with Gasteiger partial charge >= 0.3 is 0 Å². The maximum absolute atomic E-state index is 5.96. The second-order valence-electron chi connectivity index (χ2n) is 4.35. The summed E-state index contributed by atoms with van der Waals surface area (Å²) in [6.45, 7) is 6.83. The van der Waals surface area contributed by atoms with Crippen LogP contribution < -0.4 is 5.73 Å². The minimum atomic E-state index is 0.411. The van der Waals surface area contributed by atoms with Gasteiger partial charge in [0.05, 0.1) is 0 Å². The molecule has 0 aliphatic carbocycles. The Labute approximate surface area is 89.9 Å². The standard InChI is InChI=1S/C12H28N2/c1-4-6-7-10-14(3)11-9-12(13)8-5-2/h12H,4-11,13H2,1-3H3. The van der Waals surface area contributed by atoms with Gasteiger partial charge in [0, 0.05) is 6.04 Å². The van der Waals surface area contributed by atoms with E-state index in [0.717, 1.165) is 13.0 Å². The summed E-state index contributed by atoms with van der Waals surface area (Å²) in [5.41, 5.74) is 5.96. The molecule has 86 valence electrons. The summed E-state index contributed by atoms with van der Waals surface area (Å²) in [5.74, 6) is 0. The van der Waals surface area contributed by atoms with Gasteiger partial charge in [-0.3, -0.25) is 0 Å². The first kappa shape index (κ1) is 13.9. The van der Waals surface area contributed by atoms with Crippen molar-refractivity contribution in [3.8, 4) is 0 Å². The summed E-state index contributed by atoms with van der Waals surface area (Å²) in [7, 11) is 2.20. The second-order valence-corrected chi connectivity index (χ2v) is 4.35. The number of rotatable bonds is 9. The van der Waals surface area contributed by atoms with Crippen LogP contribution in [0.1, 0.15) is 52.4 Å². The fraction of sp³-hybridized carbons (Fsp3) is 1.00. The molecule has 0 saturated heterocycles. The lowest BCUT2D eigenvalue weighted by molar-refractivity contribution is 0.307. The maximum Gasteiger partial charge on any atom is 0.00509 e. The second kappa shape index (κ2) is 9.47. The molecule has 0 fully saturated rings. The summed E-state index contributed by atoms with van der Waals surface area (Å²) in [6.07, 6.45) is 7.52. The SMILES string of the molecule is CCCCCN(C)CCC(N)CCC. The Balaban J connectivity index is 3.29. The zero-order valence-electron chi connectivity index (χ0n) is 10.3. The van der Waals surface area contributed by atoms with Crippen LogP contribution in [0.5, 0.6) is 0 Å². The lowest BCUT2D eigenvalue weighted by Gasteiger charge is -2.18. The average Bonchev–Trinajstić information content (AvgIpc) is 2.16. The van der Waals surface area contributed by atoms with Crippen LogP contribution >= 0.6 is 0 Å². The first-order chi connectivity index (χ1) is 6.70. The maximum atomic E-state index is 5.96. The Morgan fingerprint density at radius 2 is 1.71 bits per heavy atom. The summed E-state index contributed by atoms with van der Waals surface area (Å²) in [6, 6.07) is 0.411. The van der Waals surface area contributed by atoms with E-state index in [4.69, 9.17) is 5.73 Å². The van der Waals surface area contributed by atoms with E-state index in [1.54, 1.807) is 0 Å². The molecule has 0 aromatic rings. The van der Waals surface area contributed by atoms with Crippen molar-refractivity contribution in [2.45, 2.75) is 58.4 Å². The number of nitrogens with zero attached hydrogens (tertiary/aromatic N) is 1. The summed E-state index contributed by atoms with van der Waals surface area (Å²) in [5, 5.41) is 0. The molecule has 0 bridgehead atoms. The molecule has 0 aromatic heterocycles. The predicted octanol–water partition coefficient (Wildman–Crippen LogP) is 2.63. The van der Waals surface area contributed by atoms with Gasteiger partial charge in [0.1, 0.15) is 0 Å². The monoisotopic (exact) mass is 200 g/mol. The van der Waals surface area contributed by atoms with Crippen LogP contribution in [-0.2, 0) is 0 Å². The third-order valence-electron chi connectivity index (χ3n) is 2.68. The third kappa shape index (κ3) is 8.52. The Bertz CT molecular complexity index is 115. The molecule has 0 aromatic carbocycles. The molecule has 2 nitrogen and oxygen atoms in total. The van der Waals surface area contributed by atoms with Crippen molar-refractivity contribution in [2.24, 2.45) is 5.73 Å². The number of unbranched alkanes of at least 4 members (excludes halogenated alkanes) is 2. The van der Waals surface area contributed by atoms with Crippen LogP contribution in [0, 0.1) is 0 Å². The molecule has 0 rings (SSSR count). The van der Waals surface area contributed by atoms with E-state index in [2.05, 4.69) is 25.8 Å². The summed E-state index contributed by atoms with van der Waals surface area (Å²) in [4.78, 5) is 2.41. The van der Waals surface area contributed by atoms with Crippen molar-refractivity contribution in [2.75, 3.05) is 20.1 Å². The van der Waals surface area contributed by atoms with Gasteiger partial charge in [-0.2, -0.15) is 0 Å². The lowest BCUT2D eigenvalue weighted by Crippen LogP contribution is -2.28. The highest BCUT2D eigenvalue weighted by atomic mass is 15.1. The number of nitrogens with two attached hydrogens (primary N) is 1. The van der Waals surface area contributed by atoms with E-state index >= 15 is 0 Å². The molecule has 0 amide bonds. The first-order valence-electron chi connectivity index (χ1n) is 6.14. The number of hydrogen-bond donors (Lipinski definition) is 1. The van der Waals surface area contributed by atoms with E-state index < -0.39 is 0 Å². The fourth-order valence-corrected chi connectivity index (χ4v) is 1.64. The molecule has 1 unspecified atom stereocenters. The summed E-state index contributed by atoms with van der Waals surface area (Å²) >= 11 is 0. The van der Waals surface area contributed by atoms with E-state index in [0.29, 0.717) is 6.04 Å². The number of hydrogen-bond acceptors (Lipinski definition) is 2. The largest absolute Gasteiger partial charge is 0.328 e. The fourth-order valence-electron chi connectivity index (χ4n) is 1.64. The van der Waals surface area contributed by atoms with Crippen LogP contribution in [0.3, 0.4) is 0 Å². The quantitative estimate of drug-likeness (QED) is 0.580. The van der Waals surface area contributed by atoms with Crippen LogP contribution in [0.25, 0.3) is 0 Å². The Morgan fingerprint density at radius 1 is 1.00 bits per heavy atom. The van der Waals surface area contributed by atoms with Gasteiger partial charge in [0.2, 0.25) is 0 Å². The van der Waals surface area contributed by atoms with Gasteiger partial charge in [-0.25, -0.2) is 0 Å². The van der Waals surface area contributed by atoms with Crippen molar-refractivity contribution in [1.29, 1.82) is 0 Å². The molecule has 0 spiro atoms. The van der Waals surface area contributed by atoms with Crippen LogP contribution in [-0.4, -0.2) is 31.1 Å². The molecule has 2 N–H and O–H groups in total. The van der Waals surface area contributed by atoms with Crippen LogP contribution in [0.4, 0.5) is 0 Å². The molecular weight excluding hydrogens is 172 g/mol. The average molecular weight is 200 g/mol. The van der Waals surface area contributed by atoms with Crippen LogP contribution in [0.15, 0.2) is 0 Å². The van der Waals surface area contributed by atoms with E-state index in [9.17, 15) is 0 Å². The smallest absolute Gasteiger partial charge is 0.00509 e. The molecular formula is C12H28N2. The molecule has 2 heteroatoms. The van der Waals surface area contributed by atoms with Crippen molar-refractivity contribution in [3.05, 3.63) is 0 Å². The van der Waals surface area contributed by atoms with Gasteiger partial charge in [0.15, 0.2) is 0 Å². The lowest BCUT2D eigenvalue weighted by atomic mass is 10.1. The normalized spacial score (nSPS) is 13.5. The Kier molecular flexibility index (Phi) is 9.42. The van der Waals surface area contributed by atoms with Gasteiger partial charge < -0.3 is 10.6 Å². The molecule has 0 heterocycles. The van der Waals surface area contributed by atoms with Crippen molar-refractivity contribution in [3.63, 3.8) is 0 Å².